The van der Waals surface area contributed by atoms with Gasteiger partial charge in [-0.05, 0) is 43.5 Å². The van der Waals surface area contributed by atoms with Crippen molar-refractivity contribution in [2.24, 2.45) is 0 Å². The number of aromatic nitrogens is 3. The summed E-state index contributed by atoms with van der Waals surface area (Å²) in [6, 6.07) is 8.45. The van der Waals surface area contributed by atoms with Crippen molar-refractivity contribution in [2.45, 2.75) is 25.4 Å². The maximum atomic E-state index is 6.62. The molecule has 2 aliphatic rings. The normalized spacial score (nSPS) is 17.4. The van der Waals surface area contributed by atoms with E-state index >= 15 is 0 Å². The van der Waals surface area contributed by atoms with E-state index in [1.807, 2.05) is 24.3 Å². The van der Waals surface area contributed by atoms with Gasteiger partial charge in [0.2, 0.25) is 5.88 Å². The number of anilines is 1. The third kappa shape index (κ3) is 3.60. The van der Waals surface area contributed by atoms with Crippen LogP contribution >= 0.6 is 11.6 Å². The molecule has 1 aliphatic carbocycles. The minimum Gasteiger partial charge on any atom is -0.480 e. The fourth-order valence-corrected chi connectivity index (χ4v) is 4.04. The molecule has 2 aromatic heterocycles. The minimum atomic E-state index is 0.271. The lowest BCUT2D eigenvalue weighted by atomic mass is 9.96. The summed E-state index contributed by atoms with van der Waals surface area (Å²) in [5.74, 6) is 1.48. The van der Waals surface area contributed by atoms with Gasteiger partial charge in [-0.3, -0.25) is 0 Å². The standard InChI is InChI=1S/C21H24ClN5O2/c1-28-20-14(5-6-19(26-20)27-9-7-23-8-10-27)15-11-17-18(12-16(15)22)25-21(24-17)29-13-3-2-4-13/h5-6,11-13,23H,2-4,7-10H2,1H3,(H,24,25). The summed E-state index contributed by atoms with van der Waals surface area (Å²) in [5, 5.41) is 3.97. The second-order valence-corrected chi connectivity index (χ2v) is 7.93. The van der Waals surface area contributed by atoms with Crippen molar-refractivity contribution in [1.29, 1.82) is 0 Å². The van der Waals surface area contributed by atoms with Gasteiger partial charge in [-0.1, -0.05) is 11.6 Å². The summed E-state index contributed by atoms with van der Waals surface area (Å²) in [6.45, 7) is 3.77. The monoisotopic (exact) mass is 413 g/mol. The zero-order valence-corrected chi connectivity index (χ0v) is 17.1. The fraction of sp³-hybridized carbons (Fsp3) is 0.429. The molecule has 3 heterocycles. The first kappa shape index (κ1) is 18.5. The molecular weight excluding hydrogens is 390 g/mol. The summed E-state index contributed by atoms with van der Waals surface area (Å²) in [4.78, 5) is 14.8. The van der Waals surface area contributed by atoms with Crippen molar-refractivity contribution in [1.82, 2.24) is 20.3 Å². The van der Waals surface area contributed by atoms with E-state index in [2.05, 4.69) is 20.2 Å². The van der Waals surface area contributed by atoms with Crippen LogP contribution in [0.5, 0.6) is 11.9 Å². The average Bonchev–Trinajstić information content (AvgIpc) is 3.11. The van der Waals surface area contributed by atoms with E-state index in [4.69, 9.17) is 26.1 Å². The number of nitrogens with zero attached hydrogens (tertiary/aromatic N) is 3. The molecule has 5 rings (SSSR count). The van der Waals surface area contributed by atoms with E-state index < -0.39 is 0 Å². The molecule has 1 saturated heterocycles. The number of fused-ring (bicyclic) bond motifs is 1. The van der Waals surface area contributed by atoms with Gasteiger partial charge >= 0.3 is 0 Å². The molecule has 0 unspecified atom stereocenters. The van der Waals surface area contributed by atoms with Crippen molar-refractivity contribution in [2.75, 3.05) is 38.2 Å². The maximum Gasteiger partial charge on any atom is 0.294 e. The SMILES string of the molecule is COc1nc(N2CCNCC2)ccc1-c1cc2nc(OC3CCC3)[nH]c2cc1Cl. The van der Waals surface area contributed by atoms with E-state index in [0.717, 1.165) is 67.0 Å². The number of piperazine rings is 1. The van der Waals surface area contributed by atoms with Gasteiger partial charge in [-0.2, -0.15) is 9.97 Å². The molecule has 2 N–H and O–H groups in total. The van der Waals surface area contributed by atoms with Gasteiger partial charge in [0.15, 0.2) is 0 Å². The lowest BCUT2D eigenvalue weighted by Gasteiger charge is -2.28. The van der Waals surface area contributed by atoms with Crippen LogP contribution in [-0.4, -0.2) is 54.3 Å². The number of benzene rings is 1. The highest BCUT2D eigenvalue weighted by Gasteiger charge is 2.22. The lowest BCUT2D eigenvalue weighted by molar-refractivity contribution is 0.110. The van der Waals surface area contributed by atoms with Crippen LogP contribution in [0.15, 0.2) is 24.3 Å². The molecule has 2 fully saturated rings. The molecule has 0 spiro atoms. The van der Waals surface area contributed by atoms with Crippen molar-refractivity contribution in [3.05, 3.63) is 29.3 Å². The number of H-pyrrole nitrogens is 1. The number of rotatable bonds is 5. The Kier molecular flexibility index (Phi) is 4.93. The van der Waals surface area contributed by atoms with Gasteiger partial charge in [0.05, 0.1) is 23.2 Å². The number of nitrogens with one attached hydrogen (secondary N) is 2. The molecule has 1 aromatic carbocycles. The minimum absolute atomic E-state index is 0.271. The van der Waals surface area contributed by atoms with Gasteiger partial charge < -0.3 is 24.7 Å². The fourth-order valence-electron chi connectivity index (χ4n) is 3.78. The summed E-state index contributed by atoms with van der Waals surface area (Å²) in [5.41, 5.74) is 3.37. The topological polar surface area (TPSA) is 75.3 Å². The first-order chi connectivity index (χ1) is 14.2. The smallest absolute Gasteiger partial charge is 0.294 e. The van der Waals surface area contributed by atoms with Crippen LogP contribution in [0, 0.1) is 0 Å². The summed E-state index contributed by atoms with van der Waals surface area (Å²) in [7, 11) is 1.64. The van der Waals surface area contributed by atoms with Crippen LogP contribution in [0.1, 0.15) is 19.3 Å². The van der Waals surface area contributed by atoms with Crippen LogP contribution in [0.2, 0.25) is 5.02 Å². The summed E-state index contributed by atoms with van der Waals surface area (Å²) in [6.07, 6.45) is 3.67. The number of hydrogen-bond donors (Lipinski definition) is 2. The van der Waals surface area contributed by atoms with Crippen molar-refractivity contribution in [3.8, 4) is 23.0 Å². The predicted molar refractivity (Wildman–Crippen MR) is 114 cm³/mol. The largest absolute Gasteiger partial charge is 0.480 e. The molecule has 0 radical (unpaired) electrons. The summed E-state index contributed by atoms with van der Waals surface area (Å²) < 4.78 is 11.5. The lowest BCUT2D eigenvalue weighted by Crippen LogP contribution is -2.43. The predicted octanol–water partition coefficient (Wildman–Crippen LogP) is 3.63. The maximum absolute atomic E-state index is 6.62. The molecule has 3 aromatic rings. The van der Waals surface area contributed by atoms with Crippen LogP contribution in [0.25, 0.3) is 22.2 Å². The third-order valence-corrected chi connectivity index (χ3v) is 5.96. The second-order valence-electron chi connectivity index (χ2n) is 7.53. The van der Waals surface area contributed by atoms with Crippen LogP contribution < -0.4 is 19.7 Å². The quantitative estimate of drug-likeness (QED) is 0.665. The number of methoxy groups -OCH3 is 1. The Morgan fingerprint density at radius 1 is 1.10 bits per heavy atom. The number of aromatic amines is 1. The van der Waals surface area contributed by atoms with Gasteiger partial charge in [0.1, 0.15) is 11.9 Å². The molecule has 1 saturated carbocycles. The van der Waals surface area contributed by atoms with Gasteiger partial charge in [0.25, 0.3) is 6.01 Å². The zero-order chi connectivity index (χ0) is 19.8. The Morgan fingerprint density at radius 2 is 1.93 bits per heavy atom. The van der Waals surface area contributed by atoms with E-state index in [0.29, 0.717) is 16.9 Å². The second kappa shape index (κ2) is 7.72. The Labute approximate surface area is 174 Å². The average molecular weight is 414 g/mol. The molecular formula is C21H24ClN5O2. The Hall–Kier alpha value is -2.51. The molecule has 8 heteroatoms. The molecule has 0 amide bonds. The van der Waals surface area contributed by atoms with Crippen molar-refractivity contribution >= 4 is 28.5 Å². The van der Waals surface area contributed by atoms with Crippen LogP contribution in [-0.2, 0) is 0 Å². The first-order valence-electron chi connectivity index (χ1n) is 10.1. The molecule has 7 nitrogen and oxygen atoms in total. The van der Waals surface area contributed by atoms with Crippen LogP contribution in [0.4, 0.5) is 5.82 Å². The Bertz CT molecular complexity index is 1030. The van der Waals surface area contributed by atoms with E-state index in [9.17, 15) is 0 Å². The number of halogens is 1. The summed E-state index contributed by atoms with van der Waals surface area (Å²) >= 11 is 6.62. The highest BCUT2D eigenvalue weighted by atomic mass is 35.5. The number of ether oxygens (including phenoxy) is 2. The third-order valence-electron chi connectivity index (χ3n) is 5.65. The number of imidazole rings is 1. The van der Waals surface area contributed by atoms with Gasteiger partial charge in [-0.25, -0.2) is 0 Å². The highest BCUT2D eigenvalue weighted by molar-refractivity contribution is 6.34. The molecule has 0 bridgehead atoms. The van der Waals surface area contributed by atoms with Crippen molar-refractivity contribution in [3.63, 3.8) is 0 Å². The Balaban J connectivity index is 1.49. The molecule has 152 valence electrons. The van der Waals surface area contributed by atoms with Gasteiger partial charge in [0, 0.05) is 37.3 Å². The zero-order valence-electron chi connectivity index (χ0n) is 16.4. The molecule has 29 heavy (non-hydrogen) atoms. The molecule has 1 aliphatic heterocycles. The molecule has 0 atom stereocenters. The highest BCUT2D eigenvalue weighted by Crippen LogP contribution is 2.38. The van der Waals surface area contributed by atoms with E-state index in [-0.39, 0.29) is 6.10 Å². The van der Waals surface area contributed by atoms with Crippen molar-refractivity contribution < 1.29 is 9.47 Å². The van der Waals surface area contributed by atoms with Crippen LogP contribution in [0.3, 0.4) is 0 Å². The van der Waals surface area contributed by atoms with E-state index in [1.165, 1.54) is 6.42 Å². The van der Waals surface area contributed by atoms with E-state index in [1.54, 1.807) is 7.11 Å². The number of hydrogen-bond acceptors (Lipinski definition) is 6. The van der Waals surface area contributed by atoms with Gasteiger partial charge in [-0.15, -0.1) is 0 Å². The Morgan fingerprint density at radius 3 is 2.66 bits per heavy atom. The first-order valence-corrected chi connectivity index (χ1v) is 10.5. The number of pyridine rings is 1.